The number of carbonyl (C=O) groups excluding carboxylic acids is 1. The molecule has 5 nitrogen and oxygen atoms in total. The van der Waals surface area contributed by atoms with Gasteiger partial charge in [-0.05, 0) is 44.9 Å². The Labute approximate surface area is 145 Å². The molecule has 1 fully saturated rings. The van der Waals surface area contributed by atoms with Gasteiger partial charge in [0.2, 0.25) is 0 Å². The van der Waals surface area contributed by atoms with Gasteiger partial charge in [0.15, 0.2) is 6.10 Å². The lowest BCUT2D eigenvalue weighted by Gasteiger charge is -2.40. The Morgan fingerprint density at radius 2 is 2.17 bits per heavy atom. The molecule has 1 aliphatic rings. The predicted molar refractivity (Wildman–Crippen MR) is 87.6 cm³/mol. The Bertz CT molecular complexity index is 639. The third kappa shape index (κ3) is 4.17. The summed E-state index contributed by atoms with van der Waals surface area (Å²) >= 11 is 5.89. The molecule has 0 radical (unpaired) electrons. The van der Waals surface area contributed by atoms with Gasteiger partial charge < -0.3 is 15.2 Å². The molecule has 1 aliphatic carbocycles. The monoisotopic (exact) mass is 357 g/mol. The van der Waals surface area contributed by atoms with Crippen molar-refractivity contribution < 1.29 is 23.8 Å². The molecule has 3 atom stereocenters. The van der Waals surface area contributed by atoms with E-state index in [4.69, 9.17) is 16.3 Å². The first kappa shape index (κ1) is 18.5. The van der Waals surface area contributed by atoms with Gasteiger partial charge in [0.05, 0.1) is 16.5 Å². The molecule has 132 valence electrons. The fraction of sp³-hybridized carbons (Fsp3) is 0.529. The summed E-state index contributed by atoms with van der Waals surface area (Å²) in [5.74, 6) is -2.26. The molecule has 1 amide bonds. The average Bonchev–Trinajstić information content (AvgIpc) is 2.49. The molecule has 3 unspecified atom stereocenters. The van der Waals surface area contributed by atoms with E-state index >= 15 is 0 Å². The van der Waals surface area contributed by atoms with E-state index in [1.54, 1.807) is 6.92 Å². The summed E-state index contributed by atoms with van der Waals surface area (Å²) in [4.78, 5) is 23.9. The fourth-order valence-corrected chi connectivity index (χ4v) is 3.29. The topological polar surface area (TPSA) is 75.6 Å². The highest BCUT2D eigenvalue weighted by Crippen LogP contribution is 2.34. The van der Waals surface area contributed by atoms with Crippen LogP contribution in [0.3, 0.4) is 0 Å². The zero-order chi connectivity index (χ0) is 17.9. The number of carboxylic acids is 1. The van der Waals surface area contributed by atoms with Crippen LogP contribution in [0, 0.1) is 11.7 Å². The summed E-state index contributed by atoms with van der Waals surface area (Å²) < 4.78 is 18.5. The van der Waals surface area contributed by atoms with E-state index in [1.807, 2.05) is 0 Å². The number of nitrogens with one attached hydrogen (secondary N) is 1. The molecule has 1 aromatic rings. The highest BCUT2D eigenvalue weighted by molar-refractivity contribution is 6.32. The van der Waals surface area contributed by atoms with Gasteiger partial charge in [-0.2, -0.15) is 0 Å². The summed E-state index contributed by atoms with van der Waals surface area (Å²) in [6.07, 6.45) is 1.94. The van der Waals surface area contributed by atoms with Crippen LogP contribution in [0.4, 0.5) is 4.39 Å². The van der Waals surface area contributed by atoms with Gasteiger partial charge in [0.25, 0.3) is 5.91 Å². The van der Waals surface area contributed by atoms with Crippen molar-refractivity contribution in [3.8, 4) is 5.75 Å². The maximum Gasteiger partial charge on any atom is 0.308 e. The smallest absolute Gasteiger partial charge is 0.308 e. The van der Waals surface area contributed by atoms with Crippen molar-refractivity contribution >= 4 is 23.5 Å². The maximum atomic E-state index is 13.0. The number of amides is 1. The molecule has 0 saturated heterocycles. The number of halogens is 2. The Hall–Kier alpha value is -1.82. The van der Waals surface area contributed by atoms with E-state index in [0.29, 0.717) is 12.8 Å². The predicted octanol–water partition coefficient (Wildman–Crippen LogP) is 3.40. The first-order valence-electron chi connectivity index (χ1n) is 7.89. The second-order valence-electron chi connectivity index (χ2n) is 6.38. The van der Waals surface area contributed by atoms with E-state index in [2.05, 4.69) is 5.32 Å². The third-order valence-electron chi connectivity index (χ3n) is 4.48. The average molecular weight is 358 g/mol. The van der Waals surface area contributed by atoms with Gasteiger partial charge in [-0.15, -0.1) is 0 Å². The van der Waals surface area contributed by atoms with Gasteiger partial charge in [-0.25, -0.2) is 4.39 Å². The molecule has 0 bridgehead atoms. The van der Waals surface area contributed by atoms with Crippen molar-refractivity contribution in [2.75, 3.05) is 0 Å². The molecule has 2 rings (SSSR count). The van der Waals surface area contributed by atoms with Crippen LogP contribution >= 0.6 is 11.6 Å². The molecule has 2 N–H and O–H groups in total. The van der Waals surface area contributed by atoms with Crippen LogP contribution in [-0.2, 0) is 9.59 Å². The van der Waals surface area contributed by atoms with Gasteiger partial charge in [-0.1, -0.05) is 24.4 Å². The van der Waals surface area contributed by atoms with Crippen LogP contribution in [0.2, 0.25) is 5.02 Å². The highest BCUT2D eigenvalue weighted by Gasteiger charge is 2.42. The Morgan fingerprint density at radius 3 is 2.79 bits per heavy atom. The van der Waals surface area contributed by atoms with Crippen molar-refractivity contribution in [1.29, 1.82) is 0 Å². The summed E-state index contributed by atoms with van der Waals surface area (Å²) in [6.45, 7) is 3.29. The Balaban J connectivity index is 2.06. The number of benzene rings is 1. The van der Waals surface area contributed by atoms with Gasteiger partial charge >= 0.3 is 5.97 Å². The van der Waals surface area contributed by atoms with Gasteiger partial charge in [0, 0.05) is 0 Å². The zero-order valence-electron chi connectivity index (χ0n) is 13.6. The molecule has 1 aromatic carbocycles. The second-order valence-corrected chi connectivity index (χ2v) is 6.79. The van der Waals surface area contributed by atoms with E-state index in [9.17, 15) is 19.1 Å². The number of aliphatic carboxylic acids is 1. The molecular weight excluding hydrogens is 337 g/mol. The van der Waals surface area contributed by atoms with E-state index in [0.717, 1.165) is 18.9 Å². The minimum absolute atomic E-state index is 0.0712. The van der Waals surface area contributed by atoms with Crippen molar-refractivity contribution in [2.24, 2.45) is 5.92 Å². The molecule has 0 heterocycles. The first-order chi connectivity index (χ1) is 11.2. The standard InChI is InChI=1S/C17H21ClFNO4/c1-10(24-14-7-6-11(19)9-13(14)18)15(21)20-17(2)8-4-3-5-12(17)16(22)23/h6-7,9-10,12H,3-5,8H2,1-2H3,(H,20,21)(H,22,23). The molecule has 0 aromatic heterocycles. The number of ether oxygens (including phenoxy) is 1. The fourth-order valence-electron chi connectivity index (χ4n) is 3.08. The zero-order valence-corrected chi connectivity index (χ0v) is 14.4. The molecule has 1 saturated carbocycles. The van der Waals surface area contributed by atoms with Crippen molar-refractivity contribution in [3.05, 3.63) is 29.0 Å². The third-order valence-corrected chi connectivity index (χ3v) is 4.78. The van der Waals surface area contributed by atoms with Gasteiger partial charge in [0.1, 0.15) is 11.6 Å². The largest absolute Gasteiger partial charge is 0.481 e. The van der Waals surface area contributed by atoms with Crippen LogP contribution in [-0.4, -0.2) is 28.6 Å². The van der Waals surface area contributed by atoms with E-state index in [-0.39, 0.29) is 10.8 Å². The van der Waals surface area contributed by atoms with Crippen LogP contribution in [0.1, 0.15) is 39.5 Å². The Kier molecular flexibility index (Phi) is 5.70. The molecule has 0 aliphatic heterocycles. The van der Waals surface area contributed by atoms with Crippen molar-refractivity contribution in [1.82, 2.24) is 5.32 Å². The van der Waals surface area contributed by atoms with E-state index < -0.39 is 35.3 Å². The lowest BCUT2D eigenvalue weighted by atomic mass is 9.74. The number of rotatable bonds is 5. The second kappa shape index (κ2) is 7.38. The molecule has 7 heteroatoms. The quantitative estimate of drug-likeness (QED) is 0.846. The van der Waals surface area contributed by atoms with Crippen LogP contribution in [0.25, 0.3) is 0 Å². The molecular formula is C17H21ClFNO4. The lowest BCUT2D eigenvalue weighted by Crippen LogP contribution is -2.57. The van der Waals surface area contributed by atoms with Crippen LogP contribution in [0.5, 0.6) is 5.75 Å². The lowest BCUT2D eigenvalue weighted by molar-refractivity contribution is -0.147. The number of carbonyl (C=O) groups is 2. The first-order valence-corrected chi connectivity index (χ1v) is 8.27. The number of carboxylic acid groups (broad SMARTS) is 1. The summed E-state index contributed by atoms with van der Waals surface area (Å²) in [5, 5.41) is 12.3. The highest BCUT2D eigenvalue weighted by atomic mass is 35.5. The number of hydrogen-bond donors (Lipinski definition) is 2. The molecule has 24 heavy (non-hydrogen) atoms. The van der Waals surface area contributed by atoms with Crippen molar-refractivity contribution in [3.63, 3.8) is 0 Å². The maximum absolute atomic E-state index is 13.0. The SMILES string of the molecule is CC(Oc1ccc(F)cc1Cl)C(=O)NC1(C)CCCCC1C(=O)O. The summed E-state index contributed by atoms with van der Waals surface area (Å²) in [6, 6.07) is 3.64. The van der Waals surface area contributed by atoms with Crippen LogP contribution in [0.15, 0.2) is 18.2 Å². The molecule has 0 spiro atoms. The van der Waals surface area contributed by atoms with Crippen molar-refractivity contribution in [2.45, 2.75) is 51.2 Å². The van der Waals surface area contributed by atoms with Gasteiger partial charge in [-0.3, -0.25) is 9.59 Å². The summed E-state index contributed by atoms with van der Waals surface area (Å²) in [5.41, 5.74) is -0.814. The minimum Gasteiger partial charge on any atom is -0.481 e. The van der Waals surface area contributed by atoms with Crippen LogP contribution < -0.4 is 10.1 Å². The number of hydrogen-bond acceptors (Lipinski definition) is 3. The summed E-state index contributed by atoms with van der Waals surface area (Å²) in [7, 11) is 0. The van der Waals surface area contributed by atoms with E-state index in [1.165, 1.54) is 19.1 Å². The Morgan fingerprint density at radius 1 is 1.46 bits per heavy atom. The normalized spacial score (nSPS) is 24.9. The minimum atomic E-state index is -0.910.